The van der Waals surface area contributed by atoms with Crippen molar-refractivity contribution in [3.8, 4) is 0 Å². The predicted octanol–water partition coefficient (Wildman–Crippen LogP) is 2.26. The van der Waals surface area contributed by atoms with Crippen molar-refractivity contribution in [1.82, 2.24) is 0 Å². The molecule has 0 saturated carbocycles. The van der Waals surface area contributed by atoms with E-state index in [0.29, 0.717) is 0 Å². The highest BCUT2D eigenvalue weighted by molar-refractivity contribution is 4.59. The molecule has 0 rings (SSSR count). The highest BCUT2D eigenvalue weighted by Gasteiger charge is 2.35. The van der Waals surface area contributed by atoms with E-state index in [-0.39, 0.29) is 0 Å². The molecule has 1 unspecified atom stereocenters. The Morgan fingerprint density at radius 2 is 1.46 bits per heavy atom. The van der Waals surface area contributed by atoms with Crippen molar-refractivity contribution >= 4 is 0 Å². The number of rotatable bonds is 3. The van der Waals surface area contributed by atoms with Gasteiger partial charge in [0.25, 0.3) is 0 Å². The van der Waals surface area contributed by atoms with Gasteiger partial charge in [0.1, 0.15) is 0 Å². The Kier molecular flexibility index (Phi) is 3.98. The van der Waals surface area contributed by atoms with Crippen LogP contribution in [-0.4, -0.2) is 25.4 Å². The van der Waals surface area contributed by atoms with Gasteiger partial charge in [-0.1, -0.05) is 0 Å². The Labute approximate surface area is 69.4 Å². The molecule has 0 aliphatic carbocycles. The van der Waals surface area contributed by atoms with Gasteiger partial charge in [0.2, 0.25) is 0 Å². The van der Waals surface area contributed by atoms with E-state index in [1.54, 1.807) is 0 Å². The summed E-state index contributed by atoms with van der Waals surface area (Å²) in [4.78, 5) is 0. The fourth-order valence-corrected chi connectivity index (χ4v) is 0.410. The molecule has 0 aliphatic rings. The summed E-state index contributed by atoms with van der Waals surface area (Å²) in [5.74, 6) is 0. The van der Waals surface area contributed by atoms with Crippen LogP contribution >= 0.6 is 0 Å². The van der Waals surface area contributed by atoms with Gasteiger partial charge < -0.3 is 0 Å². The van der Waals surface area contributed by atoms with Crippen molar-refractivity contribution < 1.29 is 35.8 Å². The Morgan fingerprint density at radius 1 is 1.00 bits per heavy atom. The third kappa shape index (κ3) is 9.41. The second kappa shape index (κ2) is 4.14. The Morgan fingerprint density at radius 3 is 1.77 bits per heavy atom. The topological polar surface area (TPSA) is 18.5 Å². The maximum absolute atomic E-state index is 11.3. The molecule has 0 spiro atoms. The predicted molar refractivity (Wildman–Crippen MR) is 28.3 cm³/mol. The van der Waals surface area contributed by atoms with Crippen molar-refractivity contribution in [2.45, 2.75) is 18.8 Å². The zero-order chi connectivity index (χ0) is 10.7. The van der Waals surface area contributed by atoms with Crippen LogP contribution in [0.15, 0.2) is 0 Å². The summed E-state index contributed by atoms with van der Waals surface area (Å²) in [6.45, 7) is 1.36. The van der Waals surface area contributed by atoms with Gasteiger partial charge in [-0.05, 0) is 6.92 Å². The van der Waals surface area contributed by atoms with Crippen molar-refractivity contribution in [2.24, 2.45) is 0 Å². The van der Waals surface area contributed by atoms with Crippen LogP contribution < -0.4 is 0 Å². The van der Waals surface area contributed by atoms with Gasteiger partial charge in [0.05, 0.1) is 12.7 Å². The van der Waals surface area contributed by atoms with Crippen molar-refractivity contribution in [3.63, 3.8) is 0 Å². The SMILES string of the molecule is [CH2]C(COC(F)(F)F)OC(F)(F)F. The summed E-state index contributed by atoms with van der Waals surface area (Å²) < 4.78 is 73.9. The van der Waals surface area contributed by atoms with E-state index < -0.39 is 25.4 Å². The van der Waals surface area contributed by atoms with Crippen LogP contribution in [0, 0.1) is 6.92 Å². The molecule has 0 aromatic carbocycles. The highest BCUT2D eigenvalue weighted by atomic mass is 19.4. The quantitative estimate of drug-likeness (QED) is 0.666. The largest absolute Gasteiger partial charge is 0.522 e. The van der Waals surface area contributed by atoms with Crippen molar-refractivity contribution in [3.05, 3.63) is 6.92 Å². The average Bonchev–Trinajstić information content (AvgIpc) is 1.78. The molecule has 8 heteroatoms. The second-order valence-corrected chi connectivity index (χ2v) is 1.94. The first kappa shape index (κ1) is 12.5. The fourth-order valence-electron chi connectivity index (χ4n) is 0.410. The first-order chi connectivity index (χ1) is 5.60. The average molecular weight is 211 g/mol. The molecular weight excluding hydrogens is 206 g/mol. The van der Waals surface area contributed by atoms with Crippen LogP contribution in [0.2, 0.25) is 0 Å². The van der Waals surface area contributed by atoms with E-state index in [1.807, 2.05) is 0 Å². The first-order valence-electron chi connectivity index (χ1n) is 2.88. The highest BCUT2D eigenvalue weighted by Crippen LogP contribution is 2.21. The molecule has 2 nitrogen and oxygen atoms in total. The standard InChI is InChI=1S/C5H5F6O2/c1-3(13-5(9,10)11)2-12-4(6,7)8/h3H,1-2H2. The normalized spacial score (nSPS) is 15.9. The summed E-state index contributed by atoms with van der Waals surface area (Å²) >= 11 is 0. The lowest BCUT2D eigenvalue weighted by Crippen LogP contribution is -2.28. The molecule has 1 radical (unpaired) electrons. The second-order valence-electron chi connectivity index (χ2n) is 1.94. The molecule has 1 atom stereocenters. The van der Waals surface area contributed by atoms with Crippen molar-refractivity contribution in [2.75, 3.05) is 6.61 Å². The molecular formula is C5H5F6O2. The Hall–Kier alpha value is -0.500. The molecule has 0 aromatic rings. The monoisotopic (exact) mass is 211 g/mol. The summed E-state index contributed by atoms with van der Waals surface area (Å²) in [6, 6.07) is 0. The number of halogens is 6. The van der Waals surface area contributed by atoms with Gasteiger partial charge in [0, 0.05) is 0 Å². The van der Waals surface area contributed by atoms with E-state index in [9.17, 15) is 26.3 Å². The van der Waals surface area contributed by atoms with Gasteiger partial charge in [-0.25, -0.2) is 0 Å². The molecule has 0 aliphatic heterocycles. The minimum absolute atomic E-state index is 1.30. The number of alkyl halides is 6. The lowest BCUT2D eigenvalue weighted by atomic mass is 10.4. The zero-order valence-corrected chi connectivity index (χ0v) is 6.08. The van der Waals surface area contributed by atoms with Gasteiger partial charge in [-0.15, -0.1) is 26.3 Å². The summed E-state index contributed by atoms with van der Waals surface area (Å²) in [5, 5.41) is 0. The molecule has 79 valence electrons. The molecule has 0 saturated heterocycles. The van der Waals surface area contributed by atoms with E-state index in [2.05, 4.69) is 16.4 Å². The fraction of sp³-hybridized carbons (Fsp3) is 0.800. The van der Waals surface area contributed by atoms with Crippen LogP contribution in [0.1, 0.15) is 0 Å². The van der Waals surface area contributed by atoms with Crippen molar-refractivity contribution in [1.29, 1.82) is 0 Å². The van der Waals surface area contributed by atoms with Crippen LogP contribution in [0.3, 0.4) is 0 Å². The van der Waals surface area contributed by atoms with E-state index in [4.69, 9.17) is 0 Å². The Bertz CT molecular complexity index is 150. The number of hydrogen-bond donors (Lipinski definition) is 0. The maximum Gasteiger partial charge on any atom is 0.522 e. The van der Waals surface area contributed by atoms with Crippen LogP contribution in [-0.2, 0) is 9.47 Å². The Balaban J connectivity index is 3.70. The summed E-state index contributed by atoms with van der Waals surface area (Å²) in [5.41, 5.74) is 0. The first-order valence-corrected chi connectivity index (χ1v) is 2.88. The van der Waals surface area contributed by atoms with Gasteiger partial charge in [-0.3, -0.25) is 9.47 Å². The molecule has 13 heavy (non-hydrogen) atoms. The van der Waals surface area contributed by atoms with E-state index >= 15 is 0 Å². The molecule has 0 fully saturated rings. The third-order valence-electron chi connectivity index (χ3n) is 0.733. The summed E-state index contributed by atoms with van der Waals surface area (Å²) in [6.07, 6.45) is -11.9. The summed E-state index contributed by atoms with van der Waals surface area (Å²) in [7, 11) is 0. The maximum atomic E-state index is 11.3. The molecule has 0 bridgehead atoms. The minimum Gasteiger partial charge on any atom is -0.289 e. The smallest absolute Gasteiger partial charge is 0.289 e. The zero-order valence-electron chi connectivity index (χ0n) is 6.08. The third-order valence-corrected chi connectivity index (χ3v) is 0.733. The van der Waals surface area contributed by atoms with E-state index in [0.717, 1.165) is 0 Å². The van der Waals surface area contributed by atoms with Gasteiger partial charge in [-0.2, -0.15) is 0 Å². The van der Waals surface area contributed by atoms with Gasteiger partial charge >= 0.3 is 12.7 Å². The molecule has 0 heterocycles. The van der Waals surface area contributed by atoms with Crippen LogP contribution in [0.4, 0.5) is 26.3 Å². The van der Waals surface area contributed by atoms with Crippen LogP contribution in [0.25, 0.3) is 0 Å². The lowest BCUT2D eigenvalue weighted by Gasteiger charge is -2.15. The van der Waals surface area contributed by atoms with Crippen LogP contribution in [0.5, 0.6) is 0 Å². The lowest BCUT2D eigenvalue weighted by molar-refractivity contribution is -0.365. The van der Waals surface area contributed by atoms with Gasteiger partial charge in [0.15, 0.2) is 0 Å². The molecule has 0 aromatic heterocycles. The number of ether oxygens (including phenoxy) is 2. The number of hydrogen-bond acceptors (Lipinski definition) is 2. The molecule has 0 N–H and O–H groups in total. The minimum atomic E-state index is -5.01. The van der Waals surface area contributed by atoms with E-state index in [1.165, 1.54) is 0 Å². The molecule has 0 amide bonds.